The van der Waals surface area contributed by atoms with E-state index in [1.807, 2.05) is 0 Å². The SMILES string of the molecule is COC(=O)/C=C/c1ccc(Oc2cccc(-c3nnco3)c2)c([N+](=O)[O-])c1. The Hall–Kier alpha value is -4.01. The van der Waals surface area contributed by atoms with E-state index in [0.717, 1.165) is 0 Å². The molecule has 2 aromatic carbocycles. The van der Waals surface area contributed by atoms with Crippen LogP contribution in [-0.4, -0.2) is 28.2 Å². The number of nitro benzene ring substituents is 1. The van der Waals surface area contributed by atoms with Crippen molar-refractivity contribution in [3.63, 3.8) is 0 Å². The predicted octanol–water partition coefficient (Wildman–Crippen LogP) is 3.62. The zero-order valence-electron chi connectivity index (χ0n) is 14.1. The van der Waals surface area contributed by atoms with E-state index in [-0.39, 0.29) is 11.4 Å². The van der Waals surface area contributed by atoms with Gasteiger partial charge in [0.05, 0.1) is 12.0 Å². The fourth-order valence-corrected chi connectivity index (χ4v) is 2.22. The number of rotatable bonds is 6. The second-order valence-electron chi connectivity index (χ2n) is 5.21. The van der Waals surface area contributed by atoms with E-state index in [2.05, 4.69) is 14.9 Å². The van der Waals surface area contributed by atoms with Crippen LogP contribution in [-0.2, 0) is 9.53 Å². The Kier molecular flexibility index (Phi) is 5.22. The maximum Gasteiger partial charge on any atom is 0.330 e. The molecule has 9 nitrogen and oxygen atoms in total. The smallest absolute Gasteiger partial charge is 0.330 e. The molecule has 0 amide bonds. The molecule has 136 valence electrons. The van der Waals surface area contributed by atoms with E-state index >= 15 is 0 Å². The first-order valence-corrected chi connectivity index (χ1v) is 7.66. The summed E-state index contributed by atoms with van der Waals surface area (Å²) in [6.07, 6.45) is 3.79. The number of nitrogens with zero attached hydrogens (tertiary/aromatic N) is 3. The molecule has 0 saturated carbocycles. The van der Waals surface area contributed by atoms with Crippen LogP contribution >= 0.6 is 0 Å². The summed E-state index contributed by atoms with van der Waals surface area (Å²) in [6, 6.07) is 11.1. The molecular formula is C18H13N3O6. The van der Waals surface area contributed by atoms with E-state index < -0.39 is 10.9 Å². The third kappa shape index (κ3) is 4.34. The van der Waals surface area contributed by atoms with Gasteiger partial charge in [0.1, 0.15) is 5.75 Å². The number of carbonyl (C=O) groups excluding carboxylic acids is 1. The first-order chi connectivity index (χ1) is 13.1. The zero-order valence-corrected chi connectivity index (χ0v) is 14.1. The molecule has 1 heterocycles. The number of hydrogen-bond acceptors (Lipinski definition) is 8. The molecule has 9 heteroatoms. The molecule has 1 aromatic heterocycles. The van der Waals surface area contributed by atoms with Gasteiger partial charge in [-0.25, -0.2) is 4.79 Å². The van der Waals surface area contributed by atoms with Crippen LogP contribution < -0.4 is 4.74 Å². The Labute approximate surface area is 153 Å². The lowest BCUT2D eigenvalue weighted by Crippen LogP contribution is -1.95. The number of carbonyl (C=O) groups is 1. The number of nitro groups is 1. The lowest BCUT2D eigenvalue weighted by molar-refractivity contribution is -0.385. The average Bonchev–Trinajstić information content (AvgIpc) is 3.22. The van der Waals surface area contributed by atoms with Gasteiger partial charge < -0.3 is 13.9 Å². The quantitative estimate of drug-likeness (QED) is 0.280. The van der Waals surface area contributed by atoms with Gasteiger partial charge >= 0.3 is 11.7 Å². The van der Waals surface area contributed by atoms with Crippen LogP contribution in [0.4, 0.5) is 5.69 Å². The molecule has 0 atom stereocenters. The van der Waals surface area contributed by atoms with Gasteiger partial charge in [0.25, 0.3) is 0 Å². The summed E-state index contributed by atoms with van der Waals surface area (Å²) in [5.41, 5.74) is 0.828. The monoisotopic (exact) mass is 367 g/mol. The summed E-state index contributed by atoms with van der Waals surface area (Å²) >= 11 is 0. The molecule has 0 bridgehead atoms. The van der Waals surface area contributed by atoms with Crippen molar-refractivity contribution in [1.29, 1.82) is 0 Å². The van der Waals surface area contributed by atoms with Crippen LogP contribution in [0.15, 0.2) is 59.4 Å². The van der Waals surface area contributed by atoms with Gasteiger partial charge in [-0.15, -0.1) is 10.2 Å². The Bertz CT molecular complexity index is 998. The van der Waals surface area contributed by atoms with Crippen molar-refractivity contribution in [2.24, 2.45) is 0 Å². The van der Waals surface area contributed by atoms with Gasteiger partial charge in [-0.05, 0) is 35.9 Å². The molecule has 0 N–H and O–H groups in total. The molecule has 0 aliphatic heterocycles. The number of esters is 1. The summed E-state index contributed by atoms with van der Waals surface area (Å²) in [5, 5.41) is 18.8. The maximum atomic E-state index is 11.4. The highest BCUT2D eigenvalue weighted by Crippen LogP contribution is 2.33. The Morgan fingerprint density at radius 2 is 2.11 bits per heavy atom. The second kappa shape index (κ2) is 7.91. The molecule has 3 rings (SSSR count). The molecule has 0 aliphatic carbocycles. The molecule has 3 aromatic rings. The lowest BCUT2D eigenvalue weighted by atomic mass is 10.1. The normalized spacial score (nSPS) is 10.7. The van der Waals surface area contributed by atoms with Gasteiger partial charge in [-0.3, -0.25) is 10.1 Å². The highest BCUT2D eigenvalue weighted by molar-refractivity contribution is 5.87. The standard InChI is InChI=1S/C18H13N3O6/c1-25-17(22)8-6-12-5-7-16(15(9-12)21(23)24)27-14-4-2-3-13(10-14)18-20-19-11-26-18/h2-11H,1H3/b8-6+. The number of benzene rings is 2. The van der Waals surface area contributed by atoms with Crippen molar-refractivity contribution in [3.05, 3.63) is 70.6 Å². The van der Waals surface area contributed by atoms with Crippen LogP contribution in [0.5, 0.6) is 11.5 Å². The largest absolute Gasteiger partial charge is 0.466 e. The highest BCUT2D eigenvalue weighted by Gasteiger charge is 2.17. The van der Waals surface area contributed by atoms with Crippen molar-refractivity contribution in [3.8, 4) is 23.0 Å². The number of hydrogen-bond donors (Lipinski definition) is 0. The van der Waals surface area contributed by atoms with Gasteiger partial charge in [-0.2, -0.15) is 0 Å². The minimum Gasteiger partial charge on any atom is -0.466 e. The Morgan fingerprint density at radius 3 is 2.81 bits per heavy atom. The highest BCUT2D eigenvalue weighted by atomic mass is 16.6. The first-order valence-electron chi connectivity index (χ1n) is 7.66. The molecule has 27 heavy (non-hydrogen) atoms. The molecule has 0 fully saturated rings. The molecule has 0 spiro atoms. The van der Waals surface area contributed by atoms with Crippen molar-refractivity contribution >= 4 is 17.7 Å². The molecule has 0 aliphatic rings. The average molecular weight is 367 g/mol. The minimum atomic E-state index is -0.563. The topological polar surface area (TPSA) is 118 Å². The molecular weight excluding hydrogens is 354 g/mol. The first kappa shape index (κ1) is 17.8. The minimum absolute atomic E-state index is 0.0536. The fraction of sp³-hybridized carbons (Fsp3) is 0.0556. The van der Waals surface area contributed by atoms with Crippen molar-refractivity contribution in [2.75, 3.05) is 7.11 Å². The van der Waals surface area contributed by atoms with Crippen LogP contribution in [0.3, 0.4) is 0 Å². The zero-order chi connectivity index (χ0) is 19.2. The van der Waals surface area contributed by atoms with Crippen molar-refractivity contribution < 1.29 is 23.6 Å². The molecule has 0 saturated heterocycles. The van der Waals surface area contributed by atoms with Crippen molar-refractivity contribution in [2.45, 2.75) is 0 Å². The number of ether oxygens (including phenoxy) is 2. The van der Waals surface area contributed by atoms with E-state index in [9.17, 15) is 14.9 Å². The van der Waals surface area contributed by atoms with Gasteiger partial charge in [-0.1, -0.05) is 12.1 Å². The Morgan fingerprint density at radius 1 is 1.26 bits per heavy atom. The van der Waals surface area contributed by atoms with E-state index in [4.69, 9.17) is 9.15 Å². The van der Waals surface area contributed by atoms with Crippen LogP contribution in [0.1, 0.15) is 5.56 Å². The van der Waals surface area contributed by atoms with E-state index in [1.165, 1.54) is 37.8 Å². The van der Waals surface area contributed by atoms with Gasteiger partial charge in [0.15, 0.2) is 0 Å². The second-order valence-corrected chi connectivity index (χ2v) is 5.21. The van der Waals surface area contributed by atoms with Crippen LogP contribution in [0.2, 0.25) is 0 Å². The summed E-state index contributed by atoms with van der Waals surface area (Å²) in [7, 11) is 1.24. The summed E-state index contributed by atoms with van der Waals surface area (Å²) < 4.78 is 15.3. The van der Waals surface area contributed by atoms with E-state index in [1.54, 1.807) is 30.3 Å². The molecule has 0 unspecified atom stereocenters. The third-order valence-corrected chi connectivity index (χ3v) is 3.46. The lowest BCUT2D eigenvalue weighted by Gasteiger charge is -2.08. The predicted molar refractivity (Wildman–Crippen MR) is 94.0 cm³/mol. The van der Waals surface area contributed by atoms with E-state index in [0.29, 0.717) is 22.8 Å². The summed E-state index contributed by atoms with van der Waals surface area (Å²) in [4.78, 5) is 22.0. The van der Waals surface area contributed by atoms with Gasteiger partial charge in [0.2, 0.25) is 18.0 Å². The number of methoxy groups -OCH3 is 1. The Balaban J connectivity index is 1.88. The summed E-state index contributed by atoms with van der Waals surface area (Å²) in [5.74, 6) is 0.165. The maximum absolute atomic E-state index is 11.4. The van der Waals surface area contributed by atoms with Crippen molar-refractivity contribution in [1.82, 2.24) is 10.2 Å². The van der Waals surface area contributed by atoms with Gasteiger partial charge in [0, 0.05) is 17.7 Å². The fourth-order valence-electron chi connectivity index (χ4n) is 2.22. The van der Waals surface area contributed by atoms with Crippen LogP contribution in [0.25, 0.3) is 17.5 Å². The molecule has 0 radical (unpaired) electrons. The van der Waals surface area contributed by atoms with Crippen LogP contribution in [0, 0.1) is 10.1 Å². The third-order valence-electron chi connectivity index (χ3n) is 3.46. The summed E-state index contributed by atoms with van der Waals surface area (Å²) in [6.45, 7) is 0. The number of aromatic nitrogens is 2.